The normalized spacial score (nSPS) is 13.8. The first kappa shape index (κ1) is 14.0. The van der Waals surface area contributed by atoms with Crippen LogP contribution in [0.4, 0.5) is 10.1 Å². The summed E-state index contributed by atoms with van der Waals surface area (Å²) in [4.78, 5) is 3.58. The van der Waals surface area contributed by atoms with E-state index in [4.69, 9.17) is 0 Å². The number of fused-ring (bicyclic) bond motifs is 1. The second kappa shape index (κ2) is 6.24. The predicted molar refractivity (Wildman–Crippen MR) is 86.0 cm³/mol. The summed E-state index contributed by atoms with van der Waals surface area (Å²) >= 11 is 5.21. The van der Waals surface area contributed by atoms with E-state index in [1.807, 2.05) is 6.07 Å². The molecule has 106 valence electrons. The lowest BCUT2D eigenvalue weighted by Gasteiger charge is -2.19. The third kappa shape index (κ3) is 3.22. The molecular formula is C15H16BrFN2S. The summed E-state index contributed by atoms with van der Waals surface area (Å²) in [7, 11) is 0. The maximum absolute atomic E-state index is 13.3. The van der Waals surface area contributed by atoms with Gasteiger partial charge in [0.2, 0.25) is 0 Å². The van der Waals surface area contributed by atoms with Crippen LogP contribution in [-0.4, -0.2) is 19.6 Å². The first-order valence-corrected chi connectivity index (χ1v) is 8.36. The summed E-state index contributed by atoms with van der Waals surface area (Å²) in [6.07, 6.45) is 1.02. The fourth-order valence-corrected chi connectivity index (χ4v) is 3.94. The molecule has 0 bridgehead atoms. The lowest BCUT2D eigenvalue weighted by atomic mass is 10.2. The predicted octanol–water partition coefficient (Wildman–Crippen LogP) is 3.80. The Balaban J connectivity index is 1.49. The number of hydrogen-bond donors (Lipinski definition) is 1. The summed E-state index contributed by atoms with van der Waals surface area (Å²) < 4.78 is 14.4. The molecular weight excluding hydrogens is 339 g/mol. The SMILES string of the molecule is Fc1ccc2c(c1)N(CCNCc1cc(Br)cs1)CC2. The molecule has 0 unspecified atom stereocenters. The first-order chi connectivity index (χ1) is 9.72. The van der Waals surface area contributed by atoms with Gasteiger partial charge in [0, 0.05) is 46.6 Å². The number of rotatable bonds is 5. The van der Waals surface area contributed by atoms with Crippen molar-refractivity contribution in [2.75, 3.05) is 24.5 Å². The summed E-state index contributed by atoms with van der Waals surface area (Å²) in [5.74, 6) is -0.146. The molecule has 1 aliphatic heterocycles. The Hall–Kier alpha value is -0.910. The largest absolute Gasteiger partial charge is 0.370 e. The molecule has 3 rings (SSSR count). The number of halogens is 2. The van der Waals surface area contributed by atoms with Crippen LogP contribution in [0.25, 0.3) is 0 Å². The topological polar surface area (TPSA) is 15.3 Å². The molecule has 0 saturated heterocycles. The average Bonchev–Trinajstić information content (AvgIpc) is 3.01. The van der Waals surface area contributed by atoms with E-state index in [2.05, 4.69) is 37.6 Å². The van der Waals surface area contributed by atoms with Crippen LogP contribution in [0.1, 0.15) is 10.4 Å². The summed E-state index contributed by atoms with van der Waals surface area (Å²) in [5.41, 5.74) is 2.32. The third-order valence-corrected chi connectivity index (χ3v) is 5.22. The van der Waals surface area contributed by atoms with Crippen molar-refractivity contribution in [3.8, 4) is 0 Å². The van der Waals surface area contributed by atoms with Crippen LogP contribution in [0.3, 0.4) is 0 Å². The van der Waals surface area contributed by atoms with E-state index in [1.165, 1.54) is 10.4 Å². The lowest BCUT2D eigenvalue weighted by molar-refractivity contribution is 0.626. The van der Waals surface area contributed by atoms with Crippen molar-refractivity contribution in [3.05, 3.63) is 50.4 Å². The van der Waals surface area contributed by atoms with Crippen LogP contribution < -0.4 is 10.2 Å². The van der Waals surface area contributed by atoms with Gasteiger partial charge in [-0.05, 0) is 46.1 Å². The van der Waals surface area contributed by atoms with E-state index in [0.717, 1.165) is 42.8 Å². The van der Waals surface area contributed by atoms with Crippen molar-refractivity contribution in [2.24, 2.45) is 0 Å². The zero-order valence-electron chi connectivity index (χ0n) is 11.0. The maximum Gasteiger partial charge on any atom is 0.125 e. The van der Waals surface area contributed by atoms with Crippen molar-refractivity contribution in [1.82, 2.24) is 5.32 Å². The Labute approximate surface area is 130 Å². The van der Waals surface area contributed by atoms with Gasteiger partial charge in [-0.25, -0.2) is 4.39 Å². The highest BCUT2D eigenvalue weighted by Gasteiger charge is 2.18. The van der Waals surface area contributed by atoms with Crippen LogP contribution in [0.2, 0.25) is 0 Å². The number of nitrogens with zero attached hydrogens (tertiary/aromatic N) is 1. The highest BCUT2D eigenvalue weighted by Crippen LogP contribution is 2.28. The fourth-order valence-electron chi connectivity index (χ4n) is 2.52. The summed E-state index contributed by atoms with van der Waals surface area (Å²) in [5, 5.41) is 5.54. The van der Waals surface area contributed by atoms with Crippen molar-refractivity contribution in [2.45, 2.75) is 13.0 Å². The van der Waals surface area contributed by atoms with Crippen molar-refractivity contribution in [1.29, 1.82) is 0 Å². The Morgan fingerprint density at radius 1 is 1.35 bits per heavy atom. The van der Waals surface area contributed by atoms with Gasteiger partial charge in [-0.2, -0.15) is 0 Å². The van der Waals surface area contributed by atoms with Crippen LogP contribution in [0.15, 0.2) is 34.1 Å². The smallest absolute Gasteiger partial charge is 0.125 e. The second-order valence-corrected chi connectivity index (χ2v) is 6.83. The Morgan fingerprint density at radius 3 is 3.05 bits per heavy atom. The fraction of sp³-hybridized carbons (Fsp3) is 0.333. The second-order valence-electron chi connectivity index (χ2n) is 4.92. The maximum atomic E-state index is 13.3. The van der Waals surface area contributed by atoms with Gasteiger partial charge in [0.15, 0.2) is 0 Å². The zero-order valence-corrected chi connectivity index (χ0v) is 13.4. The van der Waals surface area contributed by atoms with E-state index in [0.29, 0.717) is 0 Å². The van der Waals surface area contributed by atoms with Gasteiger partial charge in [0.1, 0.15) is 5.82 Å². The monoisotopic (exact) mass is 354 g/mol. The Morgan fingerprint density at radius 2 is 2.25 bits per heavy atom. The van der Waals surface area contributed by atoms with E-state index in [1.54, 1.807) is 23.5 Å². The van der Waals surface area contributed by atoms with Crippen LogP contribution in [0, 0.1) is 5.82 Å². The first-order valence-electron chi connectivity index (χ1n) is 6.69. The molecule has 1 aromatic heterocycles. The van der Waals surface area contributed by atoms with Crippen LogP contribution in [0.5, 0.6) is 0 Å². The number of hydrogen-bond acceptors (Lipinski definition) is 3. The Kier molecular flexibility index (Phi) is 4.38. The molecule has 0 fully saturated rings. The molecule has 0 atom stereocenters. The molecule has 2 heterocycles. The molecule has 1 N–H and O–H groups in total. The molecule has 1 aromatic carbocycles. The minimum absolute atomic E-state index is 0.146. The van der Waals surface area contributed by atoms with E-state index >= 15 is 0 Å². The van der Waals surface area contributed by atoms with Crippen molar-refractivity contribution < 1.29 is 4.39 Å². The standard InChI is InChI=1S/C15H16BrFN2S/c16-12-7-14(20-10-12)9-18-4-6-19-5-3-11-1-2-13(17)8-15(11)19/h1-2,7-8,10,18H,3-6,9H2. The summed E-state index contributed by atoms with van der Waals surface area (Å²) in [6.45, 7) is 3.71. The van der Waals surface area contributed by atoms with Crippen molar-refractivity contribution >= 4 is 33.0 Å². The van der Waals surface area contributed by atoms with E-state index in [9.17, 15) is 4.39 Å². The molecule has 0 aliphatic carbocycles. The van der Waals surface area contributed by atoms with Crippen LogP contribution in [-0.2, 0) is 13.0 Å². The number of benzene rings is 1. The van der Waals surface area contributed by atoms with Gasteiger partial charge in [-0.15, -0.1) is 11.3 Å². The molecule has 5 heteroatoms. The average molecular weight is 355 g/mol. The van der Waals surface area contributed by atoms with Gasteiger partial charge in [-0.3, -0.25) is 0 Å². The quantitative estimate of drug-likeness (QED) is 0.821. The van der Waals surface area contributed by atoms with Gasteiger partial charge in [0.05, 0.1) is 0 Å². The van der Waals surface area contributed by atoms with Gasteiger partial charge in [0.25, 0.3) is 0 Å². The van der Waals surface area contributed by atoms with Gasteiger partial charge >= 0.3 is 0 Å². The molecule has 0 radical (unpaired) electrons. The highest BCUT2D eigenvalue weighted by atomic mass is 79.9. The minimum atomic E-state index is -0.146. The van der Waals surface area contributed by atoms with Gasteiger partial charge in [-0.1, -0.05) is 6.07 Å². The lowest BCUT2D eigenvalue weighted by Crippen LogP contribution is -2.30. The minimum Gasteiger partial charge on any atom is -0.370 e. The van der Waals surface area contributed by atoms with Crippen LogP contribution >= 0.6 is 27.3 Å². The highest BCUT2D eigenvalue weighted by molar-refractivity contribution is 9.10. The molecule has 2 nitrogen and oxygen atoms in total. The zero-order chi connectivity index (χ0) is 13.9. The molecule has 0 amide bonds. The van der Waals surface area contributed by atoms with Crippen molar-refractivity contribution in [3.63, 3.8) is 0 Å². The number of nitrogens with one attached hydrogen (secondary N) is 1. The Bertz CT molecular complexity index is 599. The summed E-state index contributed by atoms with van der Waals surface area (Å²) in [6, 6.07) is 7.24. The molecule has 1 aliphatic rings. The molecule has 20 heavy (non-hydrogen) atoms. The number of thiophene rings is 1. The van der Waals surface area contributed by atoms with Gasteiger partial charge < -0.3 is 10.2 Å². The third-order valence-electron chi connectivity index (χ3n) is 3.52. The molecule has 0 spiro atoms. The van der Waals surface area contributed by atoms with E-state index < -0.39 is 0 Å². The molecule has 2 aromatic rings. The molecule has 0 saturated carbocycles. The van der Waals surface area contributed by atoms with E-state index in [-0.39, 0.29) is 5.82 Å². The number of anilines is 1.